The highest BCUT2D eigenvalue weighted by Gasteiger charge is 2.10. The number of amides is 1. The first-order valence-corrected chi connectivity index (χ1v) is 5.95. The van der Waals surface area contributed by atoms with E-state index in [1.54, 1.807) is 0 Å². The number of nitrogens with one attached hydrogen (secondary N) is 1. The normalized spacial score (nSPS) is 12.6. The minimum atomic E-state index is 0.0739. The Morgan fingerprint density at radius 3 is 2.19 bits per heavy atom. The van der Waals surface area contributed by atoms with Crippen LogP contribution in [0.3, 0.4) is 0 Å². The van der Waals surface area contributed by atoms with Crippen molar-refractivity contribution in [3.05, 3.63) is 29.8 Å². The maximum atomic E-state index is 11.7. The molecule has 0 aliphatic heterocycles. The van der Waals surface area contributed by atoms with E-state index in [4.69, 9.17) is 0 Å². The van der Waals surface area contributed by atoms with Crippen LogP contribution in [0.25, 0.3) is 0 Å². The molecule has 1 atom stereocenters. The second-order valence-corrected chi connectivity index (χ2v) is 4.58. The molecule has 1 N–H and O–H groups in total. The van der Waals surface area contributed by atoms with Gasteiger partial charge in [-0.3, -0.25) is 4.79 Å². The number of hydrogen-bond acceptors (Lipinski definition) is 1. The first kappa shape index (κ1) is 12.8. The molecule has 0 aromatic heterocycles. The van der Waals surface area contributed by atoms with Crippen molar-refractivity contribution in [3.63, 3.8) is 0 Å². The summed E-state index contributed by atoms with van der Waals surface area (Å²) in [6.45, 7) is 8.28. The van der Waals surface area contributed by atoms with Crippen molar-refractivity contribution in [1.82, 2.24) is 0 Å². The average molecular weight is 219 g/mol. The van der Waals surface area contributed by atoms with Crippen LogP contribution < -0.4 is 5.32 Å². The summed E-state index contributed by atoms with van der Waals surface area (Å²) in [7, 11) is 0. The molecule has 0 aliphatic rings. The number of benzene rings is 1. The Morgan fingerprint density at radius 1 is 1.19 bits per heavy atom. The molecule has 1 aromatic carbocycles. The van der Waals surface area contributed by atoms with E-state index in [9.17, 15) is 4.79 Å². The van der Waals surface area contributed by atoms with Gasteiger partial charge in [0.2, 0.25) is 5.91 Å². The molecule has 1 aromatic rings. The van der Waals surface area contributed by atoms with Crippen molar-refractivity contribution in [2.75, 3.05) is 5.32 Å². The van der Waals surface area contributed by atoms with Crippen LogP contribution in [0.1, 0.15) is 45.6 Å². The fraction of sp³-hybridized carbons (Fsp3) is 0.500. The molecular weight excluding hydrogens is 198 g/mol. The third kappa shape index (κ3) is 3.37. The lowest BCUT2D eigenvalue weighted by Gasteiger charge is -2.11. The summed E-state index contributed by atoms with van der Waals surface area (Å²) < 4.78 is 0. The third-order valence-corrected chi connectivity index (χ3v) is 2.90. The second kappa shape index (κ2) is 5.69. The summed E-state index contributed by atoms with van der Waals surface area (Å²) in [4.78, 5) is 11.7. The largest absolute Gasteiger partial charge is 0.326 e. The Kier molecular flexibility index (Phi) is 4.53. The van der Waals surface area contributed by atoms with Gasteiger partial charge in [-0.1, -0.05) is 39.8 Å². The second-order valence-electron chi connectivity index (χ2n) is 4.58. The van der Waals surface area contributed by atoms with Gasteiger partial charge in [-0.15, -0.1) is 0 Å². The smallest absolute Gasteiger partial charge is 0.227 e. The zero-order chi connectivity index (χ0) is 12.1. The molecule has 88 valence electrons. The van der Waals surface area contributed by atoms with Gasteiger partial charge in [0.05, 0.1) is 0 Å². The minimum absolute atomic E-state index is 0.0739. The van der Waals surface area contributed by atoms with E-state index in [-0.39, 0.29) is 11.8 Å². The predicted molar refractivity (Wildman–Crippen MR) is 68.6 cm³/mol. The van der Waals surface area contributed by atoms with Crippen LogP contribution in [0.15, 0.2) is 24.3 Å². The molecular formula is C14H21NO. The van der Waals surface area contributed by atoms with Crippen molar-refractivity contribution in [1.29, 1.82) is 0 Å². The lowest BCUT2D eigenvalue weighted by Crippen LogP contribution is -2.19. The van der Waals surface area contributed by atoms with Crippen molar-refractivity contribution in [2.24, 2.45) is 5.92 Å². The molecule has 0 heterocycles. The molecule has 0 spiro atoms. The summed E-state index contributed by atoms with van der Waals surface area (Å²) in [6, 6.07) is 8.07. The Bertz CT molecular complexity index is 340. The average Bonchev–Trinajstić information content (AvgIpc) is 2.28. The fourth-order valence-corrected chi connectivity index (χ4v) is 1.40. The topological polar surface area (TPSA) is 29.1 Å². The molecule has 0 fully saturated rings. The SMILES string of the molecule is CC[C@@H](C)C(=O)Nc1ccc(C(C)C)cc1. The van der Waals surface area contributed by atoms with Gasteiger partial charge in [-0.25, -0.2) is 0 Å². The summed E-state index contributed by atoms with van der Waals surface area (Å²) >= 11 is 0. The van der Waals surface area contributed by atoms with Crippen LogP contribution in [-0.4, -0.2) is 5.91 Å². The standard InChI is InChI=1S/C14H21NO/c1-5-11(4)14(16)15-13-8-6-12(7-9-13)10(2)3/h6-11H,5H2,1-4H3,(H,15,16)/t11-/m1/s1. The molecule has 0 saturated carbocycles. The summed E-state index contributed by atoms with van der Waals surface area (Å²) in [6.07, 6.45) is 0.871. The van der Waals surface area contributed by atoms with E-state index in [0.29, 0.717) is 5.92 Å². The maximum absolute atomic E-state index is 11.7. The van der Waals surface area contributed by atoms with Gasteiger partial charge in [0.1, 0.15) is 0 Å². The molecule has 0 saturated heterocycles. The van der Waals surface area contributed by atoms with Crippen LogP contribution in [0.4, 0.5) is 5.69 Å². The van der Waals surface area contributed by atoms with Crippen LogP contribution in [0.5, 0.6) is 0 Å². The number of rotatable bonds is 4. The quantitative estimate of drug-likeness (QED) is 0.820. The number of carbonyl (C=O) groups is 1. The fourth-order valence-electron chi connectivity index (χ4n) is 1.40. The first-order chi connectivity index (χ1) is 7.54. The minimum Gasteiger partial charge on any atom is -0.326 e. The van der Waals surface area contributed by atoms with Gasteiger partial charge >= 0.3 is 0 Å². The van der Waals surface area contributed by atoms with Crippen molar-refractivity contribution in [3.8, 4) is 0 Å². The summed E-state index contributed by atoms with van der Waals surface area (Å²) in [5, 5.41) is 2.92. The Balaban J connectivity index is 2.65. The molecule has 0 bridgehead atoms. The Morgan fingerprint density at radius 2 is 1.75 bits per heavy atom. The molecule has 16 heavy (non-hydrogen) atoms. The lowest BCUT2D eigenvalue weighted by molar-refractivity contribution is -0.119. The van der Waals surface area contributed by atoms with Crippen molar-refractivity contribution < 1.29 is 4.79 Å². The molecule has 1 rings (SSSR count). The molecule has 1 amide bonds. The van der Waals surface area contributed by atoms with Gasteiger partial charge < -0.3 is 5.32 Å². The molecule has 0 unspecified atom stereocenters. The van der Waals surface area contributed by atoms with E-state index in [0.717, 1.165) is 12.1 Å². The van der Waals surface area contributed by atoms with Gasteiger partial charge in [-0.2, -0.15) is 0 Å². The molecule has 2 heteroatoms. The van der Waals surface area contributed by atoms with E-state index < -0.39 is 0 Å². The van der Waals surface area contributed by atoms with Crippen molar-refractivity contribution >= 4 is 11.6 Å². The lowest BCUT2D eigenvalue weighted by atomic mass is 10.0. The Labute approximate surface area is 98.1 Å². The van der Waals surface area contributed by atoms with Crippen molar-refractivity contribution in [2.45, 2.75) is 40.0 Å². The van der Waals surface area contributed by atoms with Crippen LogP contribution in [-0.2, 0) is 4.79 Å². The van der Waals surface area contributed by atoms with E-state index in [1.807, 2.05) is 26.0 Å². The number of carbonyl (C=O) groups excluding carboxylic acids is 1. The molecule has 0 radical (unpaired) electrons. The summed E-state index contributed by atoms with van der Waals surface area (Å²) in [5.41, 5.74) is 2.18. The van der Waals surface area contributed by atoms with Crippen LogP contribution in [0, 0.1) is 5.92 Å². The highest BCUT2D eigenvalue weighted by molar-refractivity contribution is 5.92. The highest BCUT2D eigenvalue weighted by atomic mass is 16.1. The van der Waals surface area contributed by atoms with Crippen LogP contribution in [0.2, 0.25) is 0 Å². The molecule has 2 nitrogen and oxygen atoms in total. The zero-order valence-electron chi connectivity index (χ0n) is 10.6. The molecule has 0 aliphatic carbocycles. The third-order valence-electron chi connectivity index (χ3n) is 2.90. The monoisotopic (exact) mass is 219 g/mol. The van der Waals surface area contributed by atoms with Gasteiger partial charge in [0, 0.05) is 11.6 Å². The summed E-state index contributed by atoms with van der Waals surface area (Å²) in [5.74, 6) is 0.698. The first-order valence-electron chi connectivity index (χ1n) is 5.95. The van der Waals surface area contributed by atoms with E-state index in [2.05, 4.69) is 31.3 Å². The van der Waals surface area contributed by atoms with Gasteiger partial charge in [0.15, 0.2) is 0 Å². The Hall–Kier alpha value is -1.31. The maximum Gasteiger partial charge on any atom is 0.227 e. The predicted octanol–water partition coefficient (Wildman–Crippen LogP) is 3.79. The van der Waals surface area contributed by atoms with Gasteiger partial charge in [-0.05, 0) is 30.0 Å². The van der Waals surface area contributed by atoms with Gasteiger partial charge in [0.25, 0.3) is 0 Å². The number of anilines is 1. The van der Waals surface area contributed by atoms with E-state index in [1.165, 1.54) is 5.56 Å². The highest BCUT2D eigenvalue weighted by Crippen LogP contribution is 2.17. The van der Waals surface area contributed by atoms with E-state index >= 15 is 0 Å². The zero-order valence-corrected chi connectivity index (χ0v) is 10.6. The van der Waals surface area contributed by atoms with Crippen LogP contribution >= 0.6 is 0 Å². The number of hydrogen-bond donors (Lipinski definition) is 1.